The average Bonchev–Trinajstić information content (AvgIpc) is 2.85. The summed E-state index contributed by atoms with van der Waals surface area (Å²) < 4.78 is 6.96. The Labute approximate surface area is 201 Å². The van der Waals surface area contributed by atoms with Gasteiger partial charge in [-0.15, -0.1) is 0 Å². The van der Waals surface area contributed by atoms with Crippen LogP contribution in [0.25, 0.3) is 16.6 Å². The zero-order valence-corrected chi connectivity index (χ0v) is 19.7. The number of ether oxygens (including phenoxy) is 1. The molecule has 0 saturated heterocycles. The number of thioether (sulfide) groups is 1. The van der Waals surface area contributed by atoms with Gasteiger partial charge in [-0.05, 0) is 67.9 Å². The van der Waals surface area contributed by atoms with E-state index in [1.54, 1.807) is 22.9 Å². The number of hydrogen-bond acceptors (Lipinski definition) is 6. The lowest BCUT2D eigenvalue weighted by Gasteiger charge is -2.13. The molecule has 0 fully saturated rings. The number of aryl methyl sites for hydroxylation is 1. The number of fused-ring (bicyclic) bond motifs is 1. The van der Waals surface area contributed by atoms with Crippen LogP contribution >= 0.6 is 11.8 Å². The van der Waals surface area contributed by atoms with E-state index in [1.807, 2.05) is 74.5 Å². The Morgan fingerprint density at radius 1 is 1.09 bits per heavy atom. The molecule has 0 unspecified atom stereocenters. The summed E-state index contributed by atoms with van der Waals surface area (Å²) >= 11 is 1.19. The van der Waals surface area contributed by atoms with Crippen LogP contribution in [0.1, 0.15) is 18.1 Å². The van der Waals surface area contributed by atoms with Crippen molar-refractivity contribution in [3.63, 3.8) is 0 Å². The molecular weight excluding hydrogens is 448 g/mol. The molecule has 0 bridgehead atoms. The van der Waals surface area contributed by atoms with Crippen LogP contribution in [0.2, 0.25) is 0 Å². The normalized spacial score (nSPS) is 11.1. The van der Waals surface area contributed by atoms with Crippen molar-refractivity contribution in [2.45, 2.75) is 19.0 Å². The zero-order valence-electron chi connectivity index (χ0n) is 18.9. The second-order valence-electron chi connectivity index (χ2n) is 7.47. The fourth-order valence-electron chi connectivity index (χ4n) is 3.29. The Bertz CT molecular complexity index is 1380. The molecule has 0 radical (unpaired) electrons. The lowest BCUT2D eigenvalue weighted by Crippen LogP contribution is -2.24. The maximum atomic E-state index is 13.2. The number of para-hydroxylation sites is 1. The summed E-state index contributed by atoms with van der Waals surface area (Å²) in [5.41, 5.74) is 5.56. The molecular formula is C26H24N4O3S. The summed E-state index contributed by atoms with van der Waals surface area (Å²) in [4.78, 5) is 30.3. The Morgan fingerprint density at radius 2 is 1.82 bits per heavy atom. The predicted molar refractivity (Wildman–Crippen MR) is 136 cm³/mol. The van der Waals surface area contributed by atoms with E-state index >= 15 is 0 Å². The van der Waals surface area contributed by atoms with Gasteiger partial charge in [0.05, 0.1) is 35.2 Å². The molecule has 0 aliphatic rings. The Kier molecular flexibility index (Phi) is 7.39. The first-order valence-electron chi connectivity index (χ1n) is 10.8. The van der Waals surface area contributed by atoms with Gasteiger partial charge in [0.2, 0.25) is 0 Å². The highest BCUT2D eigenvalue weighted by Gasteiger charge is 2.14. The number of carbonyl (C=O) groups is 1. The van der Waals surface area contributed by atoms with Crippen LogP contribution in [0.4, 0.5) is 0 Å². The molecule has 4 aromatic rings. The van der Waals surface area contributed by atoms with Crippen molar-refractivity contribution in [1.29, 1.82) is 0 Å². The highest BCUT2D eigenvalue weighted by Crippen LogP contribution is 2.21. The second-order valence-corrected chi connectivity index (χ2v) is 8.41. The van der Waals surface area contributed by atoms with Crippen molar-refractivity contribution in [2.75, 3.05) is 12.4 Å². The Morgan fingerprint density at radius 3 is 2.56 bits per heavy atom. The molecule has 8 heteroatoms. The molecule has 0 atom stereocenters. The Balaban J connectivity index is 1.50. The maximum Gasteiger partial charge on any atom is 0.266 e. The largest absolute Gasteiger partial charge is 0.494 e. The van der Waals surface area contributed by atoms with E-state index in [-0.39, 0.29) is 17.2 Å². The maximum absolute atomic E-state index is 13.2. The van der Waals surface area contributed by atoms with Crippen molar-refractivity contribution < 1.29 is 9.53 Å². The van der Waals surface area contributed by atoms with E-state index in [2.05, 4.69) is 15.5 Å². The number of amides is 1. The molecule has 0 aliphatic heterocycles. The minimum absolute atomic E-state index is 0.0528. The molecule has 3 aromatic carbocycles. The van der Waals surface area contributed by atoms with E-state index in [9.17, 15) is 9.59 Å². The van der Waals surface area contributed by atoms with E-state index < -0.39 is 0 Å². The van der Waals surface area contributed by atoms with Crippen LogP contribution in [0, 0.1) is 6.92 Å². The third-order valence-corrected chi connectivity index (χ3v) is 5.90. The van der Waals surface area contributed by atoms with Crippen molar-refractivity contribution in [2.24, 2.45) is 5.10 Å². The van der Waals surface area contributed by atoms with Crippen LogP contribution in [-0.2, 0) is 4.79 Å². The van der Waals surface area contributed by atoms with Gasteiger partial charge >= 0.3 is 0 Å². The highest BCUT2D eigenvalue weighted by molar-refractivity contribution is 7.99. The minimum atomic E-state index is -0.301. The Hall–Kier alpha value is -3.91. The zero-order chi connectivity index (χ0) is 23.9. The number of aromatic nitrogens is 2. The van der Waals surface area contributed by atoms with Crippen LogP contribution in [0.3, 0.4) is 0 Å². The number of benzene rings is 3. The third-order valence-electron chi connectivity index (χ3n) is 4.96. The summed E-state index contributed by atoms with van der Waals surface area (Å²) in [5.74, 6) is 0.532. The smallest absolute Gasteiger partial charge is 0.266 e. The van der Waals surface area contributed by atoms with Crippen molar-refractivity contribution in [3.05, 3.63) is 94.3 Å². The fraction of sp³-hybridized carbons (Fsp3) is 0.154. The minimum Gasteiger partial charge on any atom is -0.494 e. The van der Waals surface area contributed by atoms with Crippen molar-refractivity contribution >= 4 is 34.8 Å². The monoisotopic (exact) mass is 472 g/mol. The van der Waals surface area contributed by atoms with E-state index in [0.717, 1.165) is 16.9 Å². The lowest BCUT2D eigenvalue weighted by atomic mass is 10.2. The number of carbonyl (C=O) groups excluding carboxylic acids is 1. The molecule has 172 valence electrons. The molecule has 1 N–H and O–H groups in total. The van der Waals surface area contributed by atoms with Crippen molar-refractivity contribution in [3.8, 4) is 11.4 Å². The molecule has 0 saturated carbocycles. The summed E-state index contributed by atoms with van der Waals surface area (Å²) in [7, 11) is 0. The molecule has 1 amide bonds. The SMILES string of the molecule is CCOc1ccc(C=NNC(=O)CSc2nc3ccccc3c(=O)n2-c2ccc(C)cc2)cc1. The van der Waals surface area contributed by atoms with Crippen molar-refractivity contribution in [1.82, 2.24) is 15.0 Å². The number of nitrogens with one attached hydrogen (secondary N) is 1. The van der Waals surface area contributed by atoms with Gasteiger partial charge in [-0.25, -0.2) is 10.4 Å². The first kappa shape index (κ1) is 23.3. The van der Waals surface area contributed by atoms with Crippen LogP contribution < -0.4 is 15.7 Å². The van der Waals surface area contributed by atoms with Crippen LogP contribution in [0.15, 0.2) is 87.8 Å². The lowest BCUT2D eigenvalue weighted by molar-refractivity contribution is -0.118. The van der Waals surface area contributed by atoms with Gasteiger partial charge in [0, 0.05) is 0 Å². The molecule has 1 heterocycles. The van der Waals surface area contributed by atoms with Gasteiger partial charge in [-0.3, -0.25) is 14.2 Å². The van der Waals surface area contributed by atoms with Crippen LogP contribution in [-0.4, -0.2) is 34.0 Å². The number of rotatable bonds is 8. The fourth-order valence-corrected chi connectivity index (χ4v) is 4.09. The van der Waals surface area contributed by atoms with E-state index in [1.165, 1.54) is 11.8 Å². The molecule has 1 aromatic heterocycles. The van der Waals surface area contributed by atoms with Gasteiger partial charge in [0.15, 0.2) is 5.16 Å². The van der Waals surface area contributed by atoms with Gasteiger partial charge < -0.3 is 4.74 Å². The summed E-state index contributed by atoms with van der Waals surface area (Å²) in [6.07, 6.45) is 1.56. The average molecular weight is 473 g/mol. The summed E-state index contributed by atoms with van der Waals surface area (Å²) in [6.45, 7) is 4.51. The molecule has 4 rings (SSSR count). The number of hydrogen-bond donors (Lipinski definition) is 1. The predicted octanol–water partition coefficient (Wildman–Crippen LogP) is 4.34. The summed E-state index contributed by atoms with van der Waals surface area (Å²) in [5, 5.41) is 4.99. The number of nitrogens with zero attached hydrogens (tertiary/aromatic N) is 3. The summed E-state index contributed by atoms with van der Waals surface area (Å²) in [6, 6.07) is 22.2. The van der Waals surface area contributed by atoms with Crippen LogP contribution in [0.5, 0.6) is 5.75 Å². The number of hydrazone groups is 1. The third kappa shape index (κ3) is 5.52. The van der Waals surface area contributed by atoms with Gasteiger partial charge in [-0.2, -0.15) is 5.10 Å². The van der Waals surface area contributed by atoms with Gasteiger partial charge in [0.1, 0.15) is 5.75 Å². The van der Waals surface area contributed by atoms with E-state index in [0.29, 0.717) is 28.4 Å². The standard InChI is InChI=1S/C26H24N4O3S/c1-3-33-21-14-10-19(11-15-21)16-27-29-24(31)17-34-26-28-23-7-5-4-6-22(23)25(32)30(26)20-12-8-18(2)9-13-20/h4-16H,3,17H2,1-2H3,(H,29,31). The first-order chi connectivity index (χ1) is 16.5. The first-order valence-corrected chi connectivity index (χ1v) is 11.8. The molecule has 0 aliphatic carbocycles. The second kappa shape index (κ2) is 10.8. The molecule has 7 nitrogen and oxygen atoms in total. The topological polar surface area (TPSA) is 85.6 Å². The van der Waals surface area contributed by atoms with E-state index in [4.69, 9.17) is 4.74 Å². The van der Waals surface area contributed by atoms with Gasteiger partial charge in [0.25, 0.3) is 11.5 Å². The molecule has 0 spiro atoms. The highest BCUT2D eigenvalue weighted by atomic mass is 32.2. The molecule has 34 heavy (non-hydrogen) atoms. The quantitative estimate of drug-likeness (QED) is 0.179. The van der Waals surface area contributed by atoms with Gasteiger partial charge in [-0.1, -0.05) is 41.6 Å².